The van der Waals surface area contributed by atoms with Crippen LogP contribution in [0.3, 0.4) is 0 Å². The minimum Gasteiger partial charge on any atom is -0.379 e. The van der Waals surface area contributed by atoms with Crippen LogP contribution in [0.15, 0.2) is 4.99 Å². The van der Waals surface area contributed by atoms with Gasteiger partial charge in [-0.3, -0.25) is 9.89 Å². The van der Waals surface area contributed by atoms with E-state index in [2.05, 4.69) is 44.6 Å². The number of guanidine groups is 1. The van der Waals surface area contributed by atoms with E-state index in [0.717, 1.165) is 50.5 Å². The normalized spacial score (nSPS) is 17.5. The zero-order valence-electron chi connectivity index (χ0n) is 17.0. The maximum atomic E-state index is 5.53. The molecule has 1 fully saturated rings. The van der Waals surface area contributed by atoms with E-state index in [-0.39, 0.29) is 0 Å². The lowest BCUT2D eigenvalue weighted by molar-refractivity contribution is 0.00272. The Kier molecular flexibility index (Phi) is 8.31. The fraction of sp³-hybridized carbons (Fsp3) is 0.833. The molecule has 0 saturated carbocycles. The topological polar surface area (TPSA) is 79.6 Å². The molecule has 26 heavy (non-hydrogen) atoms. The van der Waals surface area contributed by atoms with Crippen molar-refractivity contribution in [2.24, 2.45) is 18.0 Å². The van der Waals surface area contributed by atoms with Crippen LogP contribution in [-0.4, -0.2) is 71.6 Å². The molecule has 1 aromatic rings. The highest BCUT2D eigenvalue weighted by Gasteiger charge is 2.27. The third-order valence-electron chi connectivity index (χ3n) is 5.41. The number of aliphatic imine (C=N–C) groups is 1. The van der Waals surface area contributed by atoms with Crippen LogP contribution in [0.1, 0.15) is 38.3 Å². The van der Waals surface area contributed by atoms with Gasteiger partial charge in [0, 0.05) is 39.8 Å². The lowest BCUT2D eigenvalue weighted by Gasteiger charge is -2.39. The zero-order valence-corrected chi connectivity index (χ0v) is 17.0. The summed E-state index contributed by atoms with van der Waals surface area (Å²) in [6, 6.07) is 0.490. The van der Waals surface area contributed by atoms with Crippen LogP contribution in [-0.2, 0) is 18.3 Å². The summed E-state index contributed by atoms with van der Waals surface area (Å²) in [6.07, 6.45) is 2.37. The first-order chi connectivity index (χ1) is 12.6. The fourth-order valence-corrected chi connectivity index (χ4v) is 3.53. The van der Waals surface area contributed by atoms with Crippen LogP contribution < -0.4 is 10.6 Å². The van der Waals surface area contributed by atoms with Gasteiger partial charge in [-0.25, -0.2) is 0 Å². The fourth-order valence-electron chi connectivity index (χ4n) is 3.53. The van der Waals surface area contributed by atoms with Crippen molar-refractivity contribution in [3.8, 4) is 0 Å². The van der Waals surface area contributed by atoms with Gasteiger partial charge in [-0.2, -0.15) is 0 Å². The highest BCUT2D eigenvalue weighted by atomic mass is 16.5. The van der Waals surface area contributed by atoms with E-state index >= 15 is 0 Å². The van der Waals surface area contributed by atoms with Gasteiger partial charge >= 0.3 is 0 Å². The van der Waals surface area contributed by atoms with Gasteiger partial charge < -0.3 is 19.9 Å². The van der Waals surface area contributed by atoms with Crippen LogP contribution in [0.25, 0.3) is 0 Å². The minimum atomic E-state index is 0.490. The third kappa shape index (κ3) is 5.41. The minimum absolute atomic E-state index is 0.490. The molecule has 1 aromatic heterocycles. The summed E-state index contributed by atoms with van der Waals surface area (Å²) in [5.74, 6) is 3.27. The summed E-state index contributed by atoms with van der Waals surface area (Å²) in [5.41, 5.74) is 0. The van der Waals surface area contributed by atoms with Crippen molar-refractivity contribution >= 4 is 5.96 Å². The molecular formula is C18H35N7O. The molecule has 1 unspecified atom stereocenters. The number of hydrogen-bond acceptors (Lipinski definition) is 5. The van der Waals surface area contributed by atoms with Crippen molar-refractivity contribution in [1.29, 1.82) is 0 Å². The molecule has 1 atom stereocenters. The molecule has 0 aromatic carbocycles. The summed E-state index contributed by atoms with van der Waals surface area (Å²) < 4.78 is 7.52. The molecule has 0 amide bonds. The van der Waals surface area contributed by atoms with E-state index in [0.29, 0.717) is 18.5 Å². The Morgan fingerprint density at radius 3 is 2.42 bits per heavy atom. The molecule has 148 valence electrons. The zero-order chi connectivity index (χ0) is 18.9. The molecule has 2 heterocycles. The smallest absolute Gasteiger partial charge is 0.191 e. The number of aryl methyl sites for hydroxylation is 1. The Hall–Kier alpha value is -1.67. The van der Waals surface area contributed by atoms with E-state index < -0.39 is 0 Å². The van der Waals surface area contributed by atoms with Gasteiger partial charge in [-0.1, -0.05) is 26.7 Å². The van der Waals surface area contributed by atoms with Gasteiger partial charge in [0.05, 0.1) is 19.8 Å². The number of nitrogens with one attached hydrogen (secondary N) is 2. The van der Waals surface area contributed by atoms with E-state index in [1.807, 2.05) is 18.5 Å². The van der Waals surface area contributed by atoms with Crippen molar-refractivity contribution < 1.29 is 4.74 Å². The highest BCUT2D eigenvalue weighted by molar-refractivity contribution is 5.79. The first-order valence-corrected chi connectivity index (χ1v) is 9.71. The van der Waals surface area contributed by atoms with Gasteiger partial charge in [0.2, 0.25) is 0 Å². The number of aromatic nitrogens is 3. The summed E-state index contributed by atoms with van der Waals surface area (Å²) in [5, 5.41) is 15.1. The Morgan fingerprint density at radius 2 is 1.88 bits per heavy atom. The van der Waals surface area contributed by atoms with Crippen LogP contribution >= 0.6 is 0 Å². The van der Waals surface area contributed by atoms with E-state index in [9.17, 15) is 0 Å². The van der Waals surface area contributed by atoms with Gasteiger partial charge in [0.15, 0.2) is 11.8 Å². The molecule has 0 aliphatic carbocycles. The van der Waals surface area contributed by atoms with E-state index in [1.165, 1.54) is 12.8 Å². The molecule has 1 saturated heterocycles. The Balaban J connectivity index is 1.92. The van der Waals surface area contributed by atoms with Crippen LogP contribution in [0.5, 0.6) is 0 Å². The average molecular weight is 366 g/mol. The molecule has 1 aliphatic rings. The molecule has 2 N–H and O–H groups in total. The van der Waals surface area contributed by atoms with Crippen LogP contribution in [0.4, 0.5) is 0 Å². The number of rotatable bonds is 8. The SMILES string of the molecule is CCC(CC)C(CNC(=NC)NCc1nnc(C)n1C)N1CCOCC1. The van der Waals surface area contributed by atoms with Crippen LogP contribution in [0.2, 0.25) is 0 Å². The second kappa shape index (κ2) is 10.5. The quantitative estimate of drug-likeness (QED) is 0.527. The predicted octanol–water partition coefficient (Wildman–Crippen LogP) is 0.926. The maximum Gasteiger partial charge on any atom is 0.191 e. The second-order valence-corrected chi connectivity index (χ2v) is 6.82. The van der Waals surface area contributed by atoms with Gasteiger partial charge in [-0.15, -0.1) is 10.2 Å². The maximum absolute atomic E-state index is 5.53. The third-order valence-corrected chi connectivity index (χ3v) is 5.41. The van der Waals surface area contributed by atoms with Crippen molar-refractivity contribution in [1.82, 2.24) is 30.3 Å². The van der Waals surface area contributed by atoms with Crippen molar-refractivity contribution in [2.45, 2.75) is 46.2 Å². The largest absolute Gasteiger partial charge is 0.379 e. The highest BCUT2D eigenvalue weighted by Crippen LogP contribution is 2.19. The lowest BCUT2D eigenvalue weighted by Crippen LogP contribution is -2.53. The van der Waals surface area contributed by atoms with E-state index in [4.69, 9.17) is 4.74 Å². The summed E-state index contributed by atoms with van der Waals surface area (Å²) >= 11 is 0. The Morgan fingerprint density at radius 1 is 1.19 bits per heavy atom. The number of ether oxygens (including phenoxy) is 1. The molecule has 2 rings (SSSR count). The van der Waals surface area contributed by atoms with Crippen LogP contribution in [0, 0.1) is 12.8 Å². The summed E-state index contributed by atoms with van der Waals surface area (Å²) in [6.45, 7) is 11.7. The van der Waals surface area contributed by atoms with Gasteiger partial charge in [0.25, 0.3) is 0 Å². The predicted molar refractivity (Wildman–Crippen MR) is 104 cm³/mol. The lowest BCUT2D eigenvalue weighted by atomic mass is 9.92. The van der Waals surface area contributed by atoms with Gasteiger partial charge in [0.1, 0.15) is 5.82 Å². The van der Waals surface area contributed by atoms with Crippen molar-refractivity contribution in [3.63, 3.8) is 0 Å². The first kappa shape index (κ1) is 20.6. The van der Waals surface area contributed by atoms with Gasteiger partial charge in [-0.05, 0) is 12.8 Å². The number of hydrogen-bond donors (Lipinski definition) is 2. The molecular weight excluding hydrogens is 330 g/mol. The van der Waals surface area contributed by atoms with Crippen molar-refractivity contribution in [2.75, 3.05) is 39.9 Å². The van der Waals surface area contributed by atoms with Crippen molar-refractivity contribution in [3.05, 3.63) is 11.6 Å². The molecule has 8 heteroatoms. The Labute approximate surface area is 157 Å². The molecule has 8 nitrogen and oxygen atoms in total. The molecule has 0 bridgehead atoms. The molecule has 0 spiro atoms. The second-order valence-electron chi connectivity index (χ2n) is 6.82. The summed E-state index contributed by atoms with van der Waals surface area (Å²) in [4.78, 5) is 6.92. The average Bonchev–Trinajstić information content (AvgIpc) is 3.00. The standard InChI is InChI=1S/C18H35N7O/c1-6-15(7-2)16(25-8-10-26-11-9-25)12-20-18(19-4)21-13-17-23-22-14(3)24(17)5/h15-16H,6-13H2,1-5H3,(H2,19,20,21). The Bertz CT molecular complexity index is 562. The number of nitrogens with zero attached hydrogens (tertiary/aromatic N) is 5. The monoisotopic (exact) mass is 365 g/mol. The summed E-state index contributed by atoms with van der Waals surface area (Å²) in [7, 11) is 3.78. The molecule has 0 radical (unpaired) electrons. The number of morpholine rings is 1. The molecule has 1 aliphatic heterocycles. The van der Waals surface area contributed by atoms with E-state index in [1.54, 1.807) is 7.05 Å². The first-order valence-electron chi connectivity index (χ1n) is 9.71.